The fourth-order valence-electron chi connectivity index (χ4n) is 2.89. The summed E-state index contributed by atoms with van der Waals surface area (Å²) in [5.74, 6) is -0.169. The van der Waals surface area contributed by atoms with Crippen molar-refractivity contribution in [1.29, 1.82) is 0 Å². The van der Waals surface area contributed by atoms with Crippen LogP contribution >= 0.6 is 11.6 Å². The summed E-state index contributed by atoms with van der Waals surface area (Å²) < 4.78 is 14.2. The molecule has 4 heteroatoms. The number of hydrogen-bond acceptors (Lipinski definition) is 2. The summed E-state index contributed by atoms with van der Waals surface area (Å²) in [6.07, 6.45) is 4.56. The monoisotopic (exact) mass is 298 g/mol. The molecule has 112 valence electrons. The van der Waals surface area contributed by atoms with Crippen molar-refractivity contribution in [2.24, 2.45) is 0 Å². The molecule has 2 rings (SSSR count). The number of nitrogens with one attached hydrogen (secondary N) is 1. The van der Waals surface area contributed by atoms with Gasteiger partial charge in [0.1, 0.15) is 5.82 Å². The van der Waals surface area contributed by atoms with Gasteiger partial charge in [-0.1, -0.05) is 43.9 Å². The minimum atomic E-state index is -0.169. The number of piperazine rings is 1. The lowest BCUT2D eigenvalue weighted by molar-refractivity contribution is 0.159. The van der Waals surface area contributed by atoms with Gasteiger partial charge < -0.3 is 5.32 Å². The van der Waals surface area contributed by atoms with Crippen molar-refractivity contribution in [3.8, 4) is 0 Å². The van der Waals surface area contributed by atoms with Crippen molar-refractivity contribution in [2.45, 2.75) is 38.6 Å². The van der Waals surface area contributed by atoms with Gasteiger partial charge in [0.05, 0.1) is 0 Å². The fraction of sp³-hybridized carbons (Fsp3) is 0.625. The SMILES string of the molecule is CCCCC[C@@H](c1ccc(Cl)cc1F)N1CCNCC1. The molecule has 0 radical (unpaired) electrons. The lowest BCUT2D eigenvalue weighted by atomic mass is 9.97. The molecule has 1 heterocycles. The Morgan fingerprint density at radius 1 is 1.30 bits per heavy atom. The molecule has 1 saturated heterocycles. The molecular weight excluding hydrogens is 275 g/mol. The van der Waals surface area contributed by atoms with Gasteiger partial charge in [-0.15, -0.1) is 0 Å². The summed E-state index contributed by atoms with van der Waals surface area (Å²) in [4.78, 5) is 2.40. The molecule has 0 spiro atoms. The molecule has 1 aliphatic rings. The largest absolute Gasteiger partial charge is 0.314 e. The van der Waals surface area contributed by atoms with Crippen LogP contribution in [0.25, 0.3) is 0 Å². The third kappa shape index (κ3) is 4.18. The summed E-state index contributed by atoms with van der Waals surface area (Å²) in [6.45, 7) is 6.14. The highest BCUT2D eigenvalue weighted by molar-refractivity contribution is 6.30. The van der Waals surface area contributed by atoms with E-state index < -0.39 is 0 Å². The van der Waals surface area contributed by atoms with Crippen molar-refractivity contribution in [2.75, 3.05) is 26.2 Å². The van der Waals surface area contributed by atoms with E-state index in [4.69, 9.17) is 11.6 Å². The molecule has 0 unspecified atom stereocenters. The van der Waals surface area contributed by atoms with E-state index in [1.54, 1.807) is 6.07 Å². The molecule has 0 amide bonds. The van der Waals surface area contributed by atoms with Crippen molar-refractivity contribution in [1.82, 2.24) is 10.2 Å². The minimum Gasteiger partial charge on any atom is -0.314 e. The Hall–Kier alpha value is -0.640. The molecule has 1 atom stereocenters. The van der Waals surface area contributed by atoms with E-state index in [1.807, 2.05) is 6.07 Å². The normalized spacial score (nSPS) is 18.1. The first kappa shape index (κ1) is 15.7. The molecule has 0 saturated carbocycles. The number of halogens is 2. The van der Waals surface area contributed by atoms with Gasteiger partial charge in [-0.2, -0.15) is 0 Å². The molecule has 1 aliphatic heterocycles. The molecule has 1 N–H and O–H groups in total. The van der Waals surface area contributed by atoms with Crippen LogP contribution in [0.4, 0.5) is 4.39 Å². The van der Waals surface area contributed by atoms with E-state index in [9.17, 15) is 4.39 Å². The maximum absolute atomic E-state index is 14.2. The summed E-state index contributed by atoms with van der Waals surface area (Å²) >= 11 is 5.87. The maximum Gasteiger partial charge on any atom is 0.129 e. The van der Waals surface area contributed by atoms with Gasteiger partial charge in [-0.05, 0) is 18.6 Å². The third-order valence-electron chi connectivity index (χ3n) is 3.99. The van der Waals surface area contributed by atoms with Crippen molar-refractivity contribution in [3.63, 3.8) is 0 Å². The Morgan fingerprint density at radius 2 is 2.05 bits per heavy atom. The van der Waals surface area contributed by atoms with E-state index in [0.29, 0.717) is 5.02 Å². The highest BCUT2D eigenvalue weighted by atomic mass is 35.5. The predicted molar refractivity (Wildman–Crippen MR) is 82.7 cm³/mol. The summed E-state index contributed by atoms with van der Waals surface area (Å²) in [5, 5.41) is 3.83. The first-order valence-electron chi connectivity index (χ1n) is 7.62. The smallest absolute Gasteiger partial charge is 0.129 e. The quantitative estimate of drug-likeness (QED) is 0.799. The van der Waals surface area contributed by atoms with Crippen LogP contribution in [-0.4, -0.2) is 31.1 Å². The minimum absolute atomic E-state index is 0.169. The second kappa shape index (κ2) is 7.96. The number of benzene rings is 1. The van der Waals surface area contributed by atoms with Gasteiger partial charge in [0.25, 0.3) is 0 Å². The van der Waals surface area contributed by atoms with Crippen LogP contribution in [0.15, 0.2) is 18.2 Å². The van der Waals surface area contributed by atoms with Gasteiger partial charge in [-0.3, -0.25) is 4.90 Å². The Morgan fingerprint density at radius 3 is 2.70 bits per heavy atom. The Balaban J connectivity index is 2.15. The van der Waals surface area contributed by atoms with E-state index in [1.165, 1.54) is 18.9 Å². The van der Waals surface area contributed by atoms with E-state index in [0.717, 1.165) is 44.6 Å². The summed E-state index contributed by atoms with van der Waals surface area (Å²) in [7, 11) is 0. The zero-order valence-electron chi connectivity index (χ0n) is 12.2. The van der Waals surface area contributed by atoms with Crippen LogP contribution in [0.2, 0.25) is 5.02 Å². The Bertz CT molecular complexity index is 419. The van der Waals surface area contributed by atoms with Crippen molar-refractivity contribution in [3.05, 3.63) is 34.6 Å². The fourth-order valence-corrected chi connectivity index (χ4v) is 3.05. The van der Waals surface area contributed by atoms with Crippen LogP contribution in [-0.2, 0) is 0 Å². The molecule has 1 aromatic carbocycles. The average Bonchev–Trinajstić information content (AvgIpc) is 2.46. The highest BCUT2D eigenvalue weighted by Gasteiger charge is 2.24. The molecule has 1 fully saturated rings. The van der Waals surface area contributed by atoms with Crippen LogP contribution in [0, 0.1) is 5.82 Å². The average molecular weight is 299 g/mol. The van der Waals surface area contributed by atoms with Gasteiger partial charge in [0.2, 0.25) is 0 Å². The number of hydrogen-bond donors (Lipinski definition) is 1. The second-order valence-corrected chi connectivity index (χ2v) is 5.90. The predicted octanol–water partition coefficient (Wildman–Crippen LogP) is 4.01. The molecule has 1 aromatic rings. The Kier molecular flexibility index (Phi) is 6.27. The lowest BCUT2D eigenvalue weighted by Gasteiger charge is -2.35. The lowest BCUT2D eigenvalue weighted by Crippen LogP contribution is -2.45. The van der Waals surface area contributed by atoms with Gasteiger partial charge in [-0.25, -0.2) is 4.39 Å². The molecule has 2 nitrogen and oxygen atoms in total. The van der Waals surface area contributed by atoms with Gasteiger partial charge in [0.15, 0.2) is 0 Å². The standard InChI is InChI=1S/C16H24ClFN2/c1-2-3-4-5-16(20-10-8-19-9-11-20)14-7-6-13(17)12-15(14)18/h6-7,12,16,19H,2-5,8-11H2,1H3/t16-/m0/s1. The summed E-state index contributed by atoms with van der Waals surface area (Å²) in [6, 6.07) is 5.28. The molecular formula is C16H24ClFN2. The van der Waals surface area contributed by atoms with E-state index in [2.05, 4.69) is 17.1 Å². The van der Waals surface area contributed by atoms with E-state index in [-0.39, 0.29) is 11.9 Å². The summed E-state index contributed by atoms with van der Waals surface area (Å²) in [5.41, 5.74) is 0.799. The van der Waals surface area contributed by atoms with Crippen molar-refractivity contribution < 1.29 is 4.39 Å². The topological polar surface area (TPSA) is 15.3 Å². The first-order chi connectivity index (χ1) is 9.72. The maximum atomic E-state index is 14.2. The molecule has 0 bridgehead atoms. The van der Waals surface area contributed by atoms with Crippen LogP contribution in [0.3, 0.4) is 0 Å². The number of unbranched alkanes of at least 4 members (excludes halogenated alkanes) is 2. The van der Waals surface area contributed by atoms with Crippen LogP contribution in [0.1, 0.15) is 44.2 Å². The molecule has 0 aliphatic carbocycles. The number of nitrogens with zero attached hydrogens (tertiary/aromatic N) is 1. The zero-order valence-corrected chi connectivity index (χ0v) is 12.9. The number of rotatable bonds is 6. The zero-order chi connectivity index (χ0) is 14.4. The van der Waals surface area contributed by atoms with Gasteiger partial charge in [0, 0.05) is 42.8 Å². The van der Waals surface area contributed by atoms with Crippen LogP contribution in [0.5, 0.6) is 0 Å². The third-order valence-corrected chi connectivity index (χ3v) is 4.23. The van der Waals surface area contributed by atoms with Gasteiger partial charge >= 0.3 is 0 Å². The second-order valence-electron chi connectivity index (χ2n) is 5.46. The van der Waals surface area contributed by atoms with E-state index >= 15 is 0 Å². The van der Waals surface area contributed by atoms with Crippen molar-refractivity contribution >= 4 is 11.6 Å². The molecule has 0 aromatic heterocycles. The highest BCUT2D eigenvalue weighted by Crippen LogP contribution is 2.30. The first-order valence-corrected chi connectivity index (χ1v) is 8.00. The molecule has 20 heavy (non-hydrogen) atoms. The van der Waals surface area contributed by atoms with Crippen LogP contribution < -0.4 is 5.32 Å². The Labute approximate surface area is 126 Å².